The van der Waals surface area contributed by atoms with Crippen molar-refractivity contribution in [1.82, 2.24) is 45.6 Å². The number of urea groups is 1. The molecular formula is C47H53FN12O4. The highest BCUT2D eigenvalue weighted by Crippen LogP contribution is 2.33. The summed E-state index contributed by atoms with van der Waals surface area (Å²) in [5, 5.41) is 9.82. The van der Waals surface area contributed by atoms with Crippen LogP contribution < -0.4 is 25.3 Å². The number of aryl methyl sites for hydroxylation is 1. The van der Waals surface area contributed by atoms with Gasteiger partial charge in [-0.2, -0.15) is 4.98 Å². The van der Waals surface area contributed by atoms with Crippen molar-refractivity contribution in [3.05, 3.63) is 95.8 Å². The van der Waals surface area contributed by atoms with Crippen molar-refractivity contribution in [1.29, 1.82) is 0 Å². The number of amides is 4. The van der Waals surface area contributed by atoms with Crippen LogP contribution in [0.1, 0.15) is 80.6 Å². The number of pyridine rings is 1. The van der Waals surface area contributed by atoms with Gasteiger partial charge in [0, 0.05) is 110 Å². The van der Waals surface area contributed by atoms with Crippen molar-refractivity contribution in [3.8, 4) is 22.5 Å². The van der Waals surface area contributed by atoms with E-state index < -0.39 is 17.8 Å². The number of piperidine rings is 1. The third-order valence-corrected chi connectivity index (χ3v) is 12.6. The van der Waals surface area contributed by atoms with Crippen LogP contribution in [0, 0.1) is 18.7 Å². The van der Waals surface area contributed by atoms with E-state index in [0.717, 1.165) is 92.4 Å². The molecule has 0 spiro atoms. The second-order valence-electron chi connectivity index (χ2n) is 18.1. The van der Waals surface area contributed by atoms with Gasteiger partial charge in [-0.15, -0.1) is 0 Å². The van der Waals surface area contributed by atoms with Crippen LogP contribution in [0.15, 0.2) is 71.6 Å². The first-order valence-electron chi connectivity index (χ1n) is 22.0. The van der Waals surface area contributed by atoms with Gasteiger partial charge in [0.1, 0.15) is 23.6 Å². The molecule has 9 rings (SSSR count). The SMILES string of the molecule is Cc1cc(N2CCC(CN3CCN(c4ccc(-c5cc6c(-c7ccc(C(C)NC(=O)c8nc(C(C)(C)C)no8)c(F)c7)ncnc6[nH]5)cn4)CC3)CC2)ccc1N1CCC(=O)NC1=O. The third-order valence-electron chi connectivity index (χ3n) is 12.6. The molecule has 16 nitrogen and oxygen atoms in total. The zero-order valence-corrected chi connectivity index (χ0v) is 36.8. The predicted molar refractivity (Wildman–Crippen MR) is 242 cm³/mol. The number of imide groups is 1. The van der Waals surface area contributed by atoms with Crippen LogP contribution >= 0.6 is 0 Å². The zero-order valence-electron chi connectivity index (χ0n) is 36.8. The van der Waals surface area contributed by atoms with Crippen LogP contribution in [0.2, 0.25) is 0 Å². The number of nitrogens with zero attached hydrogens (tertiary/aromatic N) is 9. The number of aromatic amines is 1. The number of anilines is 3. The van der Waals surface area contributed by atoms with Crippen molar-refractivity contribution in [2.24, 2.45) is 5.92 Å². The molecule has 0 bridgehead atoms. The summed E-state index contributed by atoms with van der Waals surface area (Å²) >= 11 is 0. The maximum absolute atomic E-state index is 15.6. The van der Waals surface area contributed by atoms with E-state index in [1.807, 2.05) is 46.0 Å². The van der Waals surface area contributed by atoms with E-state index in [1.165, 1.54) is 18.1 Å². The minimum atomic E-state index is -0.665. The summed E-state index contributed by atoms with van der Waals surface area (Å²) in [4.78, 5) is 67.3. The van der Waals surface area contributed by atoms with Gasteiger partial charge in [-0.1, -0.05) is 38.1 Å². The van der Waals surface area contributed by atoms with Gasteiger partial charge >= 0.3 is 17.8 Å². The minimum Gasteiger partial charge on any atom is -0.372 e. The molecule has 64 heavy (non-hydrogen) atoms. The van der Waals surface area contributed by atoms with Crippen LogP contribution in [0.25, 0.3) is 33.5 Å². The summed E-state index contributed by atoms with van der Waals surface area (Å²) in [6.45, 7) is 16.7. The zero-order chi connectivity index (χ0) is 44.7. The van der Waals surface area contributed by atoms with Crippen molar-refractivity contribution >= 4 is 46.1 Å². The van der Waals surface area contributed by atoms with E-state index in [0.29, 0.717) is 47.2 Å². The largest absolute Gasteiger partial charge is 0.372 e. The molecule has 332 valence electrons. The molecule has 3 N–H and O–H groups in total. The van der Waals surface area contributed by atoms with E-state index in [1.54, 1.807) is 24.0 Å². The van der Waals surface area contributed by atoms with Crippen LogP contribution in [-0.2, 0) is 10.2 Å². The summed E-state index contributed by atoms with van der Waals surface area (Å²) < 4.78 is 20.8. The fraction of sp³-hybridized carbons (Fsp3) is 0.404. The molecule has 0 saturated carbocycles. The molecule has 0 aliphatic carbocycles. The van der Waals surface area contributed by atoms with Crippen molar-refractivity contribution in [2.75, 3.05) is 67.1 Å². The number of aromatic nitrogens is 6. The van der Waals surface area contributed by atoms with Gasteiger partial charge in [-0.05, 0) is 80.6 Å². The van der Waals surface area contributed by atoms with Gasteiger partial charge < -0.3 is 24.6 Å². The van der Waals surface area contributed by atoms with Gasteiger partial charge in [-0.25, -0.2) is 24.1 Å². The molecule has 4 aromatic heterocycles. The molecule has 7 heterocycles. The lowest BCUT2D eigenvalue weighted by molar-refractivity contribution is -0.120. The number of fused-ring (bicyclic) bond motifs is 1. The number of hydrogen-bond donors (Lipinski definition) is 3. The average molecular weight is 869 g/mol. The number of piperazine rings is 1. The fourth-order valence-electron chi connectivity index (χ4n) is 8.87. The molecule has 2 aromatic carbocycles. The molecule has 6 aromatic rings. The van der Waals surface area contributed by atoms with Gasteiger partial charge in [-0.3, -0.25) is 24.7 Å². The number of benzene rings is 2. The first-order valence-corrected chi connectivity index (χ1v) is 22.0. The second-order valence-corrected chi connectivity index (χ2v) is 18.1. The summed E-state index contributed by atoms with van der Waals surface area (Å²) in [5.74, 6) is 0.533. The lowest BCUT2D eigenvalue weighted by Gasteiger charge is -2.40. The number of carbonyl (C=O) groups excluding carboxylic acids is 3. The van der Waals surface area contributed by atoms with E-state index in [4.69, 9.17) is 9.51 Å². The minimum absolute atomic E-state index is 0.172. The van der Waals surface area contributed by atoms with Gasteiger partial charge in [0.15, 0.2) is 5.82 Å². The smallest absolute Gasteiger partial charge is 0.328 e. The number of nitrogens with one attached hydrogen (secondary N) is 3. The average Bonchev–Trinajstić information content (AvgIpc) is 3.97. The highest BCUT2D eigenvalue weighted by Gasteiger charge is 2.29. The Labute approximate surface area is 370 Å². The Morgan fingerprint density at radius 3 is 2.39 bits per heavy atom. The quantitative estimate of drug-likeness (QED) is 0.131. The third kappa shape index (κ3) is 8.89. The second kappa shape index (κ2) is 17.4. The maximum atomic E-state index is 15.6. The van der Waals surface area contributed by atoms with Crippen molar-refractivity contribution < 1.29 is 23.3 Å². The van der Waals surface area contributed by atoms with Crippen LogP contribution in [-0.4, -0.2) is 105 Å². The van der Waals surface area contributed by atoms with Gasteiger partial charge in [0.2, 0.25) is 5.91 Å². The van der Waals surface area contributed by atoms with E-state index >= 15 is 4.39 Å². The number of carbonyl (C=O) groups is 3. The van der Waals surface area contributed by atoms with Crippen molar-refractivity contribution in [2.45, 2.75) is 65.3 Å². The first-order chi connectivity index (χ1) is 30.8. The lowest BCUT2D eigenvalue weighted by atomic mass is 9.95. The molecule has 1 unspecified atom stereocenters. The standard InChI is InChI=1S/C47H53FN12O4/c1-28-22-33(8-10-38(28)60-17-14-40(61)54-46(60)63)58-15-12-30(13-16-58)26-57-18-20-59(21-19-57)39-11-7-32(25-49-39)37-24-35-41(50-27-51-42(35)53-37)31-6-9-34(36(48)23-31)29(2)52-43(62)44-55-45(56-64-44)47(3,4)5/h6-11,22-25,27,29-30H,12-21,26H2,1-5H3,(H,52,62)(H,50,51,53)(H,54,61,63). The van der Waals surface area contributed by atoms with Gasteiger partial charge in [0.05, 0.1) is 11.7 Å². The Morgan fingerprint density at radius 2 is 1.70 bits per heavy atom. The molecule has 1 atom stereocenters. The Morgan fingerprint density at radius 1 is 0.922 bits per heavy atom. The normalized spacial score (nSPS) is 17.2. The summed E-state index contributed by atoms with van der Waals surface area (Å²) in [6.07, 6.45) is 5.91. The highest BCUT2D eigenvalue weighted by atomic mass is 19.1. The Bertz CT molecular complexity index is 2690. The fourth-order valence-corrected chi connectivity index (χ4v) is 8.87. The topological polar surface area (TPSA) is 182 Å². The van der Waals surface area contributed by atoms with E-state index in [9.17, 15) is 14.4 Å². The maximum Gasteiger partial charge on any atom is 0.328 e. The molecule has 3 aliphatic heterocycles. The van der Waals surface area contributed by atoms with E-state index in [-0.39, 0.29) is 23.2 Å². The molecule has 17 heteroatoms. The molecule has 3 fully saturated rings. The first kappa shape index (κ1) is 42.5. The summed E-state index contributed by atoms with van der Waals surface area (Å²) in [6, 6.07) is 16.2. The number of rotatable bonds is 10. The van der Waals surface area contributed by atoms with Crippen LogP contribution in [0.5, 0.6) is 0 Å². The molecule has 4 amide bonds. The van der Waals surface area contributed by atoms with Gasteiger partial charge in [0.25, 0.3) is 0 Å². The highest BCUT2D eigenvalue weighted by molar-refractivity contribution is 6.06. The summed E-state index contributed by atoms with van der Waals surface area (Å²) in [7, 11) is 0. The van der Waals surface area contributed by atoms with Crippen LogP contribution in [0.3, 0.4) is 0 Å². The van der Waals surface area contributed by atoms with Crippen LogP contribution in [0.4, 0.5) is 26.4 Å². The molecule has 0 radical (unpaired) electrons. The Kier molecular flexibility index (Phi) is 11.6. The van der Waals surface area contributed by atoms with E-state index in [2.05, 4.69) is 74.7 Å². The lowest BCUT2D eigenvalue weighted by Crippen LogP contribution is -2.49. The Hall–Kier alpha value is -6.75. The summed E-state index contributed by atoms with van der Waals surface area (Å²) in [5.41, 5.74) is 6.48. The molecule has 3 saturated heterocycles. The number of halogens is 1. The number of H-pyrrole nitrogens is 1. The molecular weight excluding hydrogens is 816 g/mol. The monoisotopic (exact) mass is 868 g/mol. The number of hydrogen-bond acceptors (Lipinski definition) is 12. The predicted octanol–water partition coefficient (Wildman–Crippen LogP) is 6.79. The molecule has 3 aliphatic rings. The van der Waals surface area contributed by atoms with Crippen molar-refractivity contribution in [3.63, 3.8) is 0 Å². The Balaban J connectivity index is 0.771.